The summed E-state index contributed by atoms with van der Waals surface area (Å²) in [6, 6.07) is 0. The average Bonchev–Trinajstić information content (AvgIpc) is 2.38. The van der Waals surface area contributed by atoms with E-state index in [2.05, 4.69) is 0 Å². The van der Waals surface area contributed by atoms with Crippen LogP contribution in [0.4, 0.5) is 17.6 Å². The summed E-state index contributed by atoms with van der Waals surface area (Å²) >= 11 is 0. The minimum atomic E-state index is -3.68. The smallest absolute Gasteiger partial charge is 0.200 e. The zero-order chi connectivity index (χ0) is 6.86. The molecule has 0 N–H and O–H groups in total. The Kier molecular flexibility index (Phi) is 0.608. The average molecular weight is 140 g/mol. The largest absolute Gasteiger partial charge is 0.313 e. The summed E-state index contributed by atoms with van der Waals surface area (Å²) in [5.41, 5.74) is 0. The Morgan fingerprint density at radius 1 is 0.889 bits per heavy atom. The Labute approximate surface area is 48.8 Å². The highest BCUT2D eigenvalue weighted by atomic mass is 19.3. The van der Waals surface area contributed by atoms with E-state index >= 15 is 0 Å². The van der Waals surface area contributed by atoms with E-state index in [4.69, 9.17) is 0 Å². The van der Waals surface area contributed by atoms with Gasteiger partial charge in [0.05, 0.1) is 0 Å². The van der Waals surface area contributed by atoms with E-state index in [0.29, 0.717) is 0 Å². The van der Waals surface area contributed by atoms with Gasteiger partial charge < -0.3 is 0 Å². The Balaban J connectivity index is 2.29. The summed E-state index contributed by atoms with van der Waals surface area (Å²) in [7, 11) is 0. The molecule has 2 aliphatic carbocycles. The molecule has 0 heterocycles. The second-order valence-electron chi connectivity index (χ2n) is 2.69. The summed E-state index contributed by atoms with van der Waals surface area (Å²) in [5, 5.41) is 0. The first-order chi connectivity index (χ1) is 3.98. The number of halogens is 4. The molecular formula is C5H4F4. The third-order valence-electron chi connectivity index (χ3n) is 2.17. The molecule has 0 aromatic rings. The topological polar surface area (TPSA) is 0 Å². The van der Waals surface area contributed by atoms with Gasteiger partial charge in [-0.2, -0.15) is 17.6 Å². The van der Waals surface area contributed by atoms with Crippen molar-refractivity contribution < 1.29 is 17.6 Å². The first kappa shape index (κ1) is 5.50. The van der Waals surface area contributed by atoms with Crippen LogP contribution >= 0.6 is 0 Å². The van der Waals surface area contributed by atoms with Crippen LogP contribution in [0, 0.1) is 11.8 Å². The summed E-state index contributed by atoms with van der Waals surface area (Å²) in [6.45, 7) is 0. The van der Waals surface area contributed by atoms with Crippen LogP contribution in [-0.4, -0.2) is 11.8 Å². The van der Waals surface area contributed by atoms with Gasteiger partial charge >= 0.3 is 11.8 Å². The zero-order valence-corrected chi connectivity index (χ0v) is 4.37. The fraction of sp³-hybridized carbons (Fsp3) is 1.00. The lowest BCUT2D eigenvalue weighted by Crippen LogP contribution is -2.53. The van der Waals surface area contributed by atoms with Gasteiger partial charge in [-0.1, -0.05) is 0 Å². The molecule has 0 aromatic carbocycles. The molecule has 2 atom stereocenters. The van der Waals surface area contributed by atoms with Crippen molar-refractivity contribution in [3.8, 4) is 0 Å². The Morgan fingerprint density at radius 2 is 1.22 bits per heavy atom. The van der Waals surface area contributed by atoms with Crippen molar-refractivity contribution in [1.29, 1.82) is 0 Å². The van der Waals surface area contributed by atoms with Crippen LogP contribution in [0.15, 0.2) is 0 Å². The third-order valence-corrected chi connectivity index (χ3v) is 2.17. The number of fused-ring (bicyclic) bond motifs is 1. The van der Waals surface area contributed by atoms with E-state index in [1.807, 2.05) is 0 Å². The Hall–Kier alpha value is -0.280. The van der Waals surface area contributed by atoms with Crippen LogP contribution in [0.1, 0.15) is 6.42 Å². The Bertz CT molecular complexity index is 144. The molecule has 52 valence electrons. The van der Waals surface area contributed by atoms with Gasteiger partial charge in [0, 0.05) is 11.8 Å². The lowest BCUT2D eigenvalue weighted by atomic mass is 9.90. The highest BCUT2D eigenvalue weighted by Gasteiger charge is 2.86. The van der Waals surface area contributed by atoms with Crippen molar-refractivity contribution in [3.63, 3.8) is 0 Å². The number of rotatable bonds is 0. The summed E-state index contributed by atoms with van der Waals surface area (Å²) < 4.78 is 48.0. The van der Waals surface area contributed by atoms with Crippen LogP contribution in [0.25, 0.3) is 0 Å². The van der Waals surface area contributed by atoms with Crippen LogP contribution in [-0.2, 0) is 0 Å². The van der Waals surface area contributed by atoms with Crippen LogP contribution in [0.3, 0.4) is 0 Å². The molecule has 2 rings (SSSR count). The molecule has 0 nitrogen and oxygen atoms in total. The van der Waals surface area contributed by atoms with E-state index < -0.39 is 23.7 Å². The van der Waals surface area contributed by atoms with E-state index in [0.717, 1.165) is 0 Å². The first-order valence-corrected chi connectivity index (χ1v) is 2.73. The van der Waals surface area contributed by atoms with Gasteiger partial charge in [-0.05, 0) is 6.42 Å². The van der Waals surface area contributed by atoms with Gasteiger partial charge in [-0.25, -0.2) is 0 Å². The predicted molar refractivity (Wildman–Crippen MR) is 21.5 cm³/mol. The van der Waals surface area contributed by atoms with Crippen molar-refractivity contribution in [3.05, 3.63) is 0 Å². The molecule has 0 amide bonds. The molecule has 2 saturated carbocycles. The SMILES string of the molecule is FC1(F)C2CC2C1(F)F. The maximum atomic E-state index is 12.0. The van der Waals surface area contributed by atoms with Crippen molar-refractivity contribution >= 4 is 0 Å². The molecule has 0 aliphatic heterocycles. The summed E-state index contributed by atoms with van der Waals surface area (Å²) in [6.07, 6.45) is 0.0139. The number of alkyl halides is 4. The molecule has 4 heteroatoms. The number of hydrogen-bond donors (Lipinski definition) is 0. The highest BCUT2D eigenvalue weighted by Crippen LogP contribution is 2.73. The van der Waals surface area contributed by atoms with Gasteiger partial charge in [0.15, 0.2) is 0 Å². The van der Waals surface area contributed by atoms with Crippen molar-refractivity contribution in [2.24, 2.45) is 11.8 Å². The molecule has 0 bridgehead atoms. The number of hydrogen-bond acceptors (Lipinski definition) is 0. The first-order valence-electron chi connectivity index (χ1n) is 2.73. The molecule has 0 saturated heterocycles. The van der Waals surface area contributed by atoms with Gasteiger partial charge in [0.25, 0.3) is 0 Å². The normalized spacial score (nSPS) is 49.3. The molecule has 9 heavy (non-hydrogen) atoms. The molecule has 2 unspecified atom stereocenters. The highest BCUT2D eigenvalue weighted by molar-refractivity contribution is 5.20. The van der Waals surface area contributed by atoms with Gasteiger partial charge in [0.1, 0.15) is 0 Å². The lowest BCUT2D eigenvalue weighted by Gasteiger charge is -2.34. The van der Waals surface area contributed by atoms with Crippen LogP contribution < -0.4 is 0 Å². The predicted octanol–water partition coefficient (Wildman–Crippen LogP) is 1.91. The second-order valence-corrected chi connectivity index (χ2v) is 2.69. The molecule has 0 radical (unpaired) electrons. The van der Waals surface area contributed by atoms with Crippen LogP contribution in [0.5, 0.6) is 0 Å². The van der Waals surface area contributed by atoms with Gasteiger partial charge in [-0.15, -0.1) is 0 Å². The zero-order valence-electron chi connectivity index (χ0n) is 4.37. The standard InChI is InChI=1S/C5H4F4/c6-4(7)2-1-3(2)5(4,8)9/h2-3H,1H2. The van der Waals surface area contributed by atoms with Crippen molar-refractivity contribution in [2.75, 3.05) is 0 Å². The minimum Gasteiger partial charge on any atom is -0.200 e. The maximum absolute atomic E-state index is 12.0. The molecule has 2 fully saturated rings. The summed E-state index contributed by atoms with van der Waals surface area (Å²) in [5.74, 6) is -9.35. The molecule has 2 aliphatic rings. The van der Waals surface area contributed by atoms with E-state index in [1.54, 1.807) is 0 Å². The monoisotopic (exact) mass is 140 g/mol. The maximum Gasteiger partial charge on any atom is 0.313 e. The van der Waals surface area contributed by atoms with Gasteiger partial charge in [0.2, 0.25) is 0 Å². The summed E-state index contributed by atoms with van der Waals surface area (Å²) in [4.78, 5) is 0. The molecule has 0 aromatic heterocycles. The van der Waals surface area contributed by atoms with Crippen molar-refractivity contribution in [2.45, 2.75) is 18.3 Å². The van der Waals surface area contributed by atoms with E-state index in [9.17, 15) is 17.6 Å². The molecular weight excluding hydrogens is 136 g/mol. The Morgan fingerprint density at radius 3 is 1.33 bits per heavy atom. The second kappa shape index (κ2) is 0.995. The third kappa shape index (κ3) is 0.354. The quantitative estimate of drug-likeness (QED) is 0.451. The molecule has 0 spiro atoms. The minimum absolute atomic E-state index is 0.0139. The fourth-order valence-corrected chi connectivity index (χ4v) is 1.39. The van der Waals surface area contributed by atoms with E-state index in [1.165, 1.54) is 0 Å². The van der Waals surface area contributed by atoms with Gasteiger partial charge in [-0.3, -0.25) is 0 Å². The van der Waals surface area contributed by atoms with Crippen molar-refractivity contribution in [1.82, 2.24) is 0 Å². The lowest BCUT2D eigenvalue weighted by molar-refractivity contribution is -0.285. The fourth-order valence-electron chi connectivity index (χ4n) is 1.39. The van der Waals surface area contributed by atoms with Crippen LogP contribution in [0.2, 0.25) is 0 Å². The van der Waals surface area contributed by atoms with E-state index in [-0.39, 0.29) is 6.42 Å².